The number of benzene rings is 1. The van der Waals surface area contributed by atoms with Crippen molar-refractivity contribution < 1.29 is 9.53 Å². The van der Waals surface area contributed by atoms with Gasteiger partial charge in [0.15, 0.2) is 0 Å². The van der Waals surface area contributed by atoms with Crippen LogP contribution in [0.2, 0.25) is 5.02 Å². The molecule has 0 aliphatic rings. The number of rotatable bonds is 4. The van der Waals surface area contributed by atoms with Crippen LogP contribution in [-0.2, 0) is 11.2 Å². The first kappa shape index (κ1) is 14.3. The molecule has 0 unspecified atom stereocenters. The molecule has 5 heteroatoms. The van der Waals surface area contributed by atoms with E-state index in [0.29, 0.717) is 16.6 Å². The van der Waals surface area contributed by atoms with Gasteiger partial charge >= 0.3 is 0 Å². The molecule has 1 N–H and O–H groups in total. The van der Waals surface area contributed by atoms with E-state index in [9.17, 15) is 4.79 Å². The molecular weight excluding hydrogens is 276 g/mol. The molecule has 0 saturated carbocycles. The van der Waals surface area contributed by atoms with E-state index in [1.807, 2.05) is 19.1 Å². The molecule has 20 heavy (non-hydrogen) atoms. The van der Waals surface area contributed by atoms with Gasteiger partial charge in [0.05, 0.1) is 13.5 Å². The molecule has 0 aliphatic heterocycles. The fourth-order valence-electron chi connectivity index (χ4n) is 1.85. The van der Waals surface area contributed by atoms with Gasteiger partial charge in [-0.05, 0) is 42.8 Å². The highest BCUT2D eigenvalue weighted by Crippen LogP contribution is 2.23. The molecule has 0 saturated heterocycles. The Kier molecular flexibility index (Phi) is 4.58. The molecule has 0 bridgehead atoms. The maximum atomic E-state index is 12.0. The molecule has 0 radical (unpaired) electrons. The predicted molar refractivity (Wildman–Crippen MR) is 79.3 cm³/mol. The summed E-state index contributed by atoms with van der Waals surface area (Å²) < 4.78 is 5.22. The minimum absolute atomic E-state index is 0.163. The van der Waals surface area contributed by atoms with Gasteiger partial charge in [-0.25, -0.2) is 4.98 Å². The SMILES string of the molecule is COc1ccc(Cl)cc1CC(=O)Nc1cc(C)ccn1. The number of hydrogen-bond acceptors (Lipinski definition) is 3. The Morgan fingerprint density at radius 3 is 2.85 bits per heavy atom. The number of hydrogen-bond donors (Lipinski definition) is 1. The van der Waals surface area contributed by atoms with Crippen molar-refractivity contribution in [3.8, 4) is 5.75 Å². The van der Waals surface area contributed by atoms with E-state index in [1.165, 1.54) is 0 Å². The summed E-state index contributed by atoms with van der Waals surface area (Å²) in [6.07, 6.45) is 1.84. The van der Waals surface area contributed by atoms with Crippen LogP contribution in [0.4, 0.5) is 5.82 Å². The van der Waals surface area contributed by atoms with Crippen molar-refractivity contribution in [1.29, 1.82) is 0 Å². The molecule has 1 aromatic heterocycles. The highest BCUT2D eigenvalue weighted by molar-refractivity contribution is 6.30. The number of aromatic nitrogens is 1. The average Bonchev–Trinajstić information content (AvgIpc) is 2.38. The van der Waals surface area contributed by atoms with Crippen molar-refractivity contribution >= 4 is 23.3 Å². The summed E-state index contributed by atoms with van der Waals surface area (Å²) in [6, 6.07) is 8.88. The van der Waals surface area contributed by atoms with Crippen molar-refractivity contribution in [2.75, 3.05) is 12.4 Å². The first-order valence-corrected chi connectivity index (χ1v) is 6.51. The van der Waals surface area contributed by atoms with E-state index in [0.717, 1.165) is 11.1 Å². The van der Waals surface area contributed by atoms with Gasteiger partial charge in [0.2, 0.25) is 5.91 Å². The van der Waals surface area contributed by atoms with Gasteiger partial charge in [-0.1, -0.05) is 11.6 Å². The number of methoxy groups -OCH3 is 1. The lowest BCUT2D eigenvalue weighted by Gasteiger charge is -2.09. The van der Waals surface area contributed by atoms with E-state index >= 15 is 0 Å². The fraction of sp³-hybridized carbons (Fsp3) is 0.200. The Labute approximate surface area is 122 Å². The summed E-state index contributed by atoms with van der Waals surface area (Å²) in [5.74, 6) is 1.02. The molecule has 0 atom stereocenters. The third-order valence-corrected chi connectivity index (χ3v) is 3.01. The lowest BCUT2D eigenvalue weighted by molar-refractivity contribution is -0.115. The fourth-order valence-corrected chi connectivity index (χ4v) is 2.04. The standard InChI is InChI=1S/C15H15ClN2O2/c1-10-5-6-17-14(7-10)18-15(19)9-11-8-12(16)3-4-13(11)20-2/h3-8H,9H2,1-2H3,(H,17,18,19). The molecule has 0 fully saturated rings. The lowest BCUT2D eigenvalue weighted by Crippen LogP contribution is -2.15. The number of halogens is 1. The Balaban J connectivity index is 2.10. The van der Waals surface area contributed by atoms with E-state index in [4.69, 9.17) is 16.3 Å². The van der Waals surface area contributed by atoms with Crippen LogP contribution < -0.4 is 10.1 Å². The lowest BCUT2D eigenvalue weighted by atomic mass is 10.1. The zero-order valence-corrected chi connectivity index (χ0v) is 12.1. The minimum Gasteiger partial charge on any atom is -0.496 e. The number of pyridine rings is 1. The number of nitrogens with one attached hydrogen (secondary N) is 1. The van der Waals surface area contributed by atoms with Crippen LogP contribution in [-0.4, -0.2) is 18.0 Å². The Morgan fingerprint density at radius 2 is 2.15 bits per heavy atom. The normalized spacial score (nSPS) is 10.2. The number of ether oxygens (including phenoxy) is 1. The molecule has 1 heterocycles. The van der Waals surface area contributed by atoms with Crippen molar-refractivity contribution in [1.82, 2.24) is 4.98 Å². The molecule has 1 aromatic carbocycles. The van der Waals surface area contributed by atoms with E-state index in [2.05, 4.69) is 10.3 Å². The van der Waals surface area contributed by atoms with Gasteiger partial charge in [0.25, 0.3) is 0 Å². The number of carbonyl (C=O) groups excluding carboxylic acids is 1. The molecule has 2 rings (SSSR count). The topological polar surface area (TPSA) is 51.2 Å². The number of aryl methyl sites for hydroxylation is 1. The van der Waals surface area contributed by atoms with Crippen molar-refractivity contribution in [3.05, 3.63) is 52.7 Å². The van der Waals surface area contributed by atoms with Crippen LogP contribution in [0.25, 0.3) is 0 Å². The Bertz CT molecular complexity index is 629. The Morgan fingerprint density at radius 1 is 1.35 bits per heavy atom. The largest absolute Gasteiger partial charge is 0.496 e. The quantitative estimate of drug-likeness (QED) is 0.940. The van der Waals surface area contributed by atoms with Gasteiger partial charge in [0, 0.05) is 16.8 Å². The molecular formula is C15H15ClN2O2. The van der Waals surface area contributed by atoms with Crippen LogP contribution >= 0.6 is 11.6 Å². The second kappa shape index (κ2) is 6.39. The Hall–Kier alpha value is -2.07. The average molecular weight is 291 g/mol. The van der Waals surface area contributed by atoms with E-state index in [-0.39, 0.29) is 12.3 Å². The zero-order valence-electron chi connectivity index (χ0n) is 11.3. The van der Waals surface area contributed by atoms with E-state index in [1.54, 1.807) is 31.5 Å². The summed E-state index contributed by atoms with van der Waals surface area (Å²) >= 11 is 5.94. The predicted octanol–water partition coefficient (Wildman–Crippen LogP) is 3.23. The monoisotopic (exact) mass is 290 g/mol. The van der Waals surface area contributed by atoms with Gasteiger partial charge in [-0.2, -0.15) is 0 Å². The van der Waals surface area contributed by atoms with Crippen molar-refractivity contribution in [2.24, 2.45) is 0 Å². The third kappa shape index (κ3) is 3.71. The second-order valence-corrected chi connectivity index (χ2v) is 4.84. The van der Waals surface area contributed by atoms with Gasteiger partial charge in [-0.15, -0.1) is 0 Å². The van der Waals surface area contributed by atoms with Crippen LogP contribution in [0.1, 0.15) is 11.1 Å². The summed E-state index contributed by atoms with van der Waals surface area (Å²) in [7, 11) is 1.56. The van der Waals surface area contributed by atoms with Crippen LogP contribution in [0, 0.1) is 6.92 Å². The smallest absolute Gasteiger partial charge is 0.230 e. The highest BCUT2D eigenvalue weighted by atomic mass is 35.5. The first-order chi connectivity index (χ1) is 9.58. The second-order valence-electron chi connectivity index (χ2n) is 4.40. The van der Waals surface area contributed by atoms with Gasteiger partial charge < -0.3 is 10.1 Å². The van der Waals surface area contributed by atoms with Gasteiger partial charge in [-0.3, -0.25) is 4.79 Å². The zero-order chi connectivity index (χ0) is 14.5. The number of amides is 1. The van der Waals surface area contributed by atoms with Crippen LogP contribution in [0.5, 0.6) is 5.75 Å². The number of carbonyl (C=O) groups is 1. The number of anilines is 1. The summed E-state index contributed by atoms with van der Waals surface area (Å²) in [4.78, 5) is 16.1. The third-order valence-electron chi connectivity index (χ3n) is 2.78. The maximum Gasteiger partial charge on any atom is 0.230 e. The molecule has 0 spiro atoms. The summed E-state index contributed by atoms with van der Waals surface area (Å²) in [5, 5.41) is 3.32. The molecule has 0 aliphatic carbocycles. The first-order valence-electron chi connectivity index (χ1n) is 6.13. The van der Waals surface area contributed by atoms with Gasteiger partial charge in [0.1, 0.15) is 11.6 Å². The van der Waals surface area contributed by atoms with Crippen molar-refractivity contribution in [2.45, 2.75) is 13.3 Å². The molecule has 4 nitrogen and oxygen atoms in total. The summed E-state index contributed by atoms with van der Waals surface area (Å²) in [5.41, 5.74) is 1.78. The van der Waals surface area contributed by atoms with Crippen LogP contribution in [0.3, 0.4) is 0 Å². The molecule has 1 amide bonds. The van der Waals surface area contributed by atoms with E-state index < -0.39 is 0 Å². The van der Waals surface area contributed by atoms with Crippen LogP contribution in [0.15, 0.2) is 36.5 Å². The highest BCUT2D eigenvalue weighted by Gasteiger charge is 2.10. The number of nitrogens with zero attached hydrogens (tertiary/aromatic N) is 1. The maximum absolute atomic E-state index is 12.0. The van der Waals surface area contributed by atoms with Crippen molar-refractivity contribution in [3.63, 3.8) is 0 Å². The molecule has 104 valence electrons. The molecule has 2 aromatic rings. The summed E-state index contributed by atoms with van der Waals surface area (Å²) in [6.45, 7) is 1.94. The minimum atomic E-state index is -0.163.